The van der Waals surface area contributed by atoms with Gasteiger partial charge in [0.05, 0.1) is 6.10 Å². The Labute approximate surface area is 81.0 Å². The predicted octanol–water partition coefficient (Wildman–Crippen LogP) is 1.80. The smallest absolute Gasteiger partial charge is 0.0635 e. The van der Waals surface area contributed by atoms with Crippen molar-refractivity contribution >= 4 is 0 Å². The summed E-state index contributed by atoms with van der Waals surface area (Å²) in [4.78, 5) is 0. The van der Waals surface area contributed by atoms with E-state index in [1.165, 1.54) is 12.8 Å². The molecule has 4 unspecified atom stereocenters. The van der Waals surface area contributed by atoms with E-state index in [1.807, 2.05) is 0 Å². The molecule has 0 aliphatic carbocycles. The van der Waals surface area contributed by atoms with E-state index in [4.69, 9.17) is 4.74 Å². The average Bonchev–Trinajstić information content (AvgIpc) is 2.02. The van der Waals surface area contributed by atoms with Gasteiger partial charge in [0.25, 0.3) is 0 Å². The monoisotopic (exact) mass is 183 g/mol. The fourth-order valence-corrected chi connectivity index (χ4v) is 3.06. The summed E-state index contributed by atoms with van der Waals surface area (Å²) in [6.45, 7) is 7.87. The van der Waals surface area contributed by atoms with Crippen molar-refractivity contribution in [3.8, 4) is 0 Å². The number of piperidine rings is 1. The van der Waals surface area contributed by atoms with Gasteiger partial charge in [-0.2, -0.15) is 0 Å². The Morgan fingerprint density at radius 3 is 2.85 bits per heavy atom. The Bertz CT molecular complexity index is 179. The van der Waals surface area contributed by atoms with Crippen LogP contribution in [-0.4, -0.2) is 24.8 Å². The highest BCUT2D eigenvalue weighted by atomic mass is 16.5. The summed E-state index contributed by atoms with van der Waals surface area (Å²) in [5, 5.41) is 3.70. The maximum absolute atomic E-state index is 5.85. The van der Waals surface area contributed by atoms with E-state index < -0.39 is 0 Å². The van der Waals surface area contributed by atoms with Crippen LogP contribution < -0.4 is 5.32 Å². The van der Waals surface area contributed by atoms with Gasteiger partial charge in [0.2, 0.25) is 0 Å². The van der Waals surface area contributed by atoms with Crippen LogP contribution in [0.2, 0.25) is 0 Å². The van der Waals surface area contributed by atoms with Crippen LogP contribution in [0.1, 0.15) is 33.6 Å². The number of ether oxygens (including phenoxy) is 1. The minimum atomic E-state index is 0.523. The molecule has 2 heteroatoms. The second-order valence-corrected chi connectivity index (χ2v) is 4.91. The third kappa shape index (κ3) is 1.75. The highest BCUT2D eigenvalue weighted by Gasteiger charge is 2.39. The molecule has 0 saturated carbocycles. The van der Waals surface area contributed by atoms with Crippen molar-refractivity contribution in [2.24, 2.45) is 11.8 Å². The van der Waals surface area contributed by atoms with Crippen molar-refractivity contribution in [2.75, 3.05) is 6.61 Å². The molecule has 2 bridgehead atoms. The Kier molecular flexibility index (Phi) is 2.61. The molecule has 4 atom stereocenters. The lowest BCUT2D eigenvalue weighted by molar-refractivity contribution is -0.0807. The van der Waals surface area contributed by atoms with Gasteiger partial charge in [-0.05, 0) is 25.7 Å². The summed E-state index contributed by atoms with van der Waals surface area (Å²) in [6.07, 6.45) is 2.95. The summed E-state index contributed by atoms with van der Waals surface area (Å²) in [5.74, 6) is 1.43. The van der Waals surface area contributed by atoms with Crippen LogP contribution in [0.15, 0.2) is 0 Å². The van der Waals surface area contributed by atoms with Crippen LogP contribution in [0.5, 0.6) is 0 Å². The van der Waals surface area contributed by atoms with Crippen molar-refractivity contribution in [3.63, 3.8) is 0 Å². The van der Waals surface area contributed by atoms with Crippen molar-refractivity contribution in [2.45, 2.75) is 51.8 Å². The zero-order valence-corrected chi connectivity index (χ0v) is 8.92. The lowest BCUT2D eigenvalue weighted by Gasteiger charge is -2.46. The Hall–Kier alpha value is -0.0800. The van der Waals surface area contributed by atoms with Gasteiger partial charge in [0.15, 0.2) is 0 Å². The summed E-state index contributed by atoms with van der Waals surface area (Å²) in [7, 11) is 0. The third-order valence-electron chi connectivity index (χ3n) is 3.59. The van der Waals surface area contributed by atoms with Gasteiger partial charge in [-0.1, -0.05) is 13.8 Å². The van der Waals surface area contributed by atoms with E-state index >= 15 is 0 Å². The first kappa shape index (κ1) is 9.47. The minimum absolute atomic E-state index is 0.523. The molecule has 1 N–H and O–H groups in total. The van der Waals surface area contributed by atoms with Gasteiger partial charge < -0.3 is 10.1 Å². The fraction of sp³-hybridized carbons (Fsp3) is 1.00. The summed E-state index contributed by atoms with van der Waals surface area (Å²) < 4.78 is 5.85. The quantitative estimate of drug-likeness (QED) is 0.669. The van der Waals surface area contributed by atoms with E-state index in [0.717, 1.165) is 18.6 Å². The fourth-order valence-electron chi connectivity index (χ4n) is 3.06. The zero-order chi connectivity index (χ0) is 9.42. The molecule has 2 fully saturated rings. The largest absolute Gasteiger partial charge is 0.378 e. The Morgan fingerprint density at radius 2 is 2.15 bits per heavy atom. The number of hydrogen-bond donors (Lipinski definition) is 1. The lowest BCUT2D eigenvalue weighted by Crippen LogP contribution is -2.57. The van der Waals surface area contributed by atoms with Crippen LogP contribution in [0.4, 0.5) is 0 Å². The Balaban J connectivity index is 2.08. The molecule has 2 nitrogen and oxygen atoms in total. The van der Waals surface area contributed by atoms with Gasteiger partial charge in [0, 0.05) is 24.6 Å². The normalized spacial score (nSPS) is 45.2. The second-order valence-electron chi connectivity index (χ2n) is 4.91. The molecule has 2 saturated heterocycles. The first-order chi connectivity index (χ1) is 6.18. The molecular weight excluding hydrogens is 162 g/mol. The third-order valence-corrected chi connectivity index (χ3v) is 3.59. The maximum Gasteiger partial charge on any atom is 0.0635 e. The minimum Gasteiger partial charge on any atom is -0.378 e. The van der Waals surface area contributed by atoms with E-state index in [9.17, 15) is 0 Å². The Morgan fingerprint density at radius 1 is 1.38 bits per heavy atom. The lowest BCUT2D eigenvalue weighted by atomic mass is 9.77. The van der Waals surface area contributed by atoms with Gasteiger partial charge >= 0.3 is 0 Å². The molecule has 0 spiro atoms. The standard InChI is InChI=1S/C11H21NO/c1-7(2)11-8(3)12-9-4-5-13-10(11)6-9/h7-12H,4-6H2,1-3H3. The number of rotatable bonds is 1. The van der Waals surface area contributed by atoms with Crippen LogP contribution in [0.3, 0.4) is 0 Å². The highest BCUT2D eigenvalue weighted by Crippen LogP contribution is 2.33. The molecule has 76 valence electrons. The molecule has 2 heterocycles. The number of nitrogens with one attached hydrogen (secondary N) is 1. The SMILES string of the molecule is CC(C)C1C(C)NC2CCOC1C2. The van der Waals surface area contributed by atoms with Crippen LogP contribution in [-0.2, 0) is 4.74 Å². The summed E-state index contributed by atoms with van der Waals surface area (Å²) in [5.41, 5.74) is 0. The molecule has 0 aromatic rings. The number of hydrogen-bond acceptors (Lipinski definition) is 2. The average molecular weight is 183 g/mol. The van der Waals surface area contributed by atoms with Crippen molar-refractivity contribution in [1.29, 1.82) is 0 Å². The summed E-state index contributed by atoms with van der Waals surface area (Å²) >= 11 is 0. The first-order valence-corrected chi connectivity index (χ1v) is 5.56. The van der Waals surface area contributed by atoms with E-state index in [1.54, 1.807) is 0 Å². The van der Waals surface area contributed by atoms with Crippen LogP contribution in [0, 0.1) is 11.8 Å². The molecule has 0 aromatic carbocycles. The molecule has 0 aromatic heterocycles. The number of fused-ring (bicyclic) bond motifs is 2. The topological polar surface area (TPSA) is 21.3 Å². The van der Waals surface area contributed by atoms with Gasteiger partial charge in [0.1, 0.15) is 0 Å². The van der Waals surface area contributed by atoms with Crippen molar-refractivity contribution in [3.05, 3.63) is 0 Å². The molecule has 13 heavy (non-hydrogen) atoms. The second kappa shape index (κ2) is 3.58. The molecule has 0 radical (unpaired) electrons. The van der Waals surface area contributed by atoms with Gasteiger partial charge in [-0.25, -0.2) is 0 Å². The van der Waals surface area contributed by atoms with Crippen LogP contribution >= 0.6 is 0 Å². The molecule has 2 rings (SSSR count). The zero-order valence-electron chi connectivity index (χ0n) is 8.92. The van der Waals surface area contributed by atoms with Crippen LogP contribution in [0.25, 0.3) is 0 Å². The molecule has 2 aliphatic rings. The highest BCUT2D eigenvalue weighted by molar-refractivity contribution is 4.94. The van der Waals surface area contributed by atoms with E-state index in [-0.39, 0.29) is 0 Å². The first-order valence-electron chi connectivity index (χ1n) is 5.56. The maximum atomic E-state index is 5.85. The van der Waals surface area contributed by atoms with Gasteiger partial charge in [-0.15, -0.1) is 0 Å². The van der Waals surface area contributed by atoms with E-state index in [0.29, 0.717) is 18.1 Å². The summed E-state index contributed by atoms with van der Waals surface area (Å²) in [6, 6.07) is 1.35. The van der Waals surface area contributed by atoms with Crippen molar-refractivity contribution in [1.82, 2.24) is 5.32 Å². The van der Waals surface area contributed by atoms with Crippen molar-refractivity contribution < 1.29 is 4.74 Å². The molecule has 0 amide bonds. The predicted molar refractivity (Wildman–Crippen MR) is 53.7 cm³/mol. The molecular formula is C11H21NO. The van der Waals surface area contributed by atoms with E-state index in [2.05, 4.69) is 26.1 Å². The van der Waals surface area contributed by atoms with Gasteiger partial charge in [-0.3, -0.25) is 0 Å². The molecule has 2 aliphatic heterocycles.